The molecule has 3 heteroatoms. The lowest BCUT2D eigenvalue weighted by molar-refractivity contribution is 0.227. The summed E-state index contributed by atoms with van der Waals surface area (Å²) in [7, 11) is 0. The van der Waals surface area contributed by atoms with Crippen molar-refractivity contribution in [3.63, 3.8) is 0 Å². The van der Waals surface area contributed by atoms with Crippen LogP contribution in [0.25, 0.3) is 6.08 Å². The van der Waals surface area contributed by atoms with Gasteiger partial charge in [-0.05, 0) is 31.1 Å². The second-order valence-corrected chi connectivity index (χ2v) is 5.61. The summed E-state index contributed by atoms with van der Waals surface area (Å²) < 4.78 is 6.13. The summed E-state index contributed by atoms with van der Waals surface area (Å²) in [6.45, 7) is 8.98. The van der Waals surface area contributed by atoms with Crippen molar-refractivity contribution in [3.8, 4) is 5.75 Å². The fourth-order valence-electron chi connectivity index (χ4n) is 2.38. The normalized spacial score (nSPS) is 11.7. The third kappa shape index (κ3) is 5.13. The number of hydrogen-bond donors (Lipinski definition) is 1. The van der Waals surface area contributed by atoms with E-state index >= 15 is 0 Å². The maximum absolute atomic E-state index is 6.13. The maximum Gasteiger partial charge on any atom is 0.161 e. The maximum atomic E-state index is 6.13. The molecule has 3 nitrogen and oxygen atoms in total. The molecule has 0 aliphatic carbocycles. The topological polar surface area (TPSA) is 34.1 Å². The van der Waals surface area contributed by atoms with Gasteiger partial charge in [0.2, 0.25) is 0 Å². The van der Waals surface area contributed by atoms with Crippen LogP contribution in [0.1, 0.15) is 50.5 Å². The van der Waals surface area contributed by atoms with Gasteiger partial charge in [-0.2, -0.15) is 0 Å². The average molecular weight is 310 g/mol. The summed E-state index contributed by atoms with van der Waals surface area (Å²) in [5, 5.41) is 3.47. The van der Waals surface area contributed by atoms with Crippen LogP contribution in [0.15, 0.2) is 49.2 Å². The number of rotatable bonds is 9. The number of pyridine rings is 1. The van der Waals surface area contributed by atoms with Gasteiger partial charge in [-0.3, -0.25) is 4.98 Å². The van der Waals surface area contributed by atoms with Gasteiger partial charge in [0.25, 0.3) is 0 Å². The predicted molar refractivity (Wildman–Crippen MR) is 97.8 cm³/mol. The van der Waals surface area contributed by atoms with Crippen LogP contribution < -0.4 is 10.1 Å². The molecule has 0 spiro atoms. The molecule has 1 aromatic carbocycles. The fraction of sp³-hybridized carbons (Fsp3) is 0.350. The van der Waals surface area contributed by atoms with Gasteiger partial charge in [-0.15, -0.1) is 0 Å². The van der Waals surface area contributed by atoms with E-state index in [1.54, 1.807) is 12.3 Å². The largest absolute Gasteiger partial charge is 0.482 e. The first-order valence-corrected chi connectivity index (χ1v) is 8.32. The van der Waals surface area contributed by atoms with Gasteiger partial charge in [0, 0.05) is 6.54 Å². The first-order chi connectivity index (χ1) is 11.2. The van der Waals surface area contributed by atoms with Crippen LogP contribution in [-0.2, 0) is 0 Å². The van der Waals surface area contributed by atoms with Gasteiger partial charge < -0.3 is 10.1 Å². The molecule has 2 aromatic rings. The minimum absolute atomic E-state index is 0.0243. The van der Waals surface area contributed by atoms with Gasteiger partial charge in [0.15, 0.2) is 5.75 Å². The Labute approximate surface area is 139 Å². The third-order valence-corrected chi connectivity index (χ3v) is 3.77. The molecule has 0 radical (unpaired) electrons. The van der Waals surface area contributed by atoms with Crippen LogP contribution in [0.4, 0.5) is 5.69 Å². The summed E-state index contributed by atoms with van der Waals surface area (Å²) >= 11 is 0. The Hall–Kier alpha value is -2.29. The molecular formula is C20H26N2O. The van der Waals surface area contributed by atoms with E-state index in [2.05, 4.69) is 42.9 Å². The quantitative estimate of drug-likeness (QED) is 0.624. The van der Waals surface area contributed by atoms with Crippen LogP contribution in [0.2, 0.25) is 0 Å². The number of nitrogens with zero attached hydrogens (tertiary/aromatic N) is 1. The highest BCUT2D eigenvalue weighted by Gasteiger charge is 2.11. The Morgan fingerprint density at radius 2 is 2.04 bits per heavy atom. The molecular weight excluding hydrogens is 284 g/mol. The number of unbranched alkanes of at least 4 members (excludes halogenated alkanes) is 2. The molecule has 0 aliphatic heterocycles. The van der Waals surface area contributed by atoms with Crippen molar-refractivity contribution >= 4 is 11.8 Å². The fourth-order valence-corrected chi connectivity index (χ4v) is 2.38. The van der Waals surface area contributed by atoms with Crippen LogP contribution >= 0.6 is 0 Å². The van der Waals surface area contributed by atoms with Gasteiger partial charge >= 0.3 is 0 Å². The van der Waals surface area contributed by atoms with E-state index in [1.165, 1.54) is 12.8 Å². The van der Waals surface area contributed by atoms with E-state index in [4.69, 9.17) is 4.74 Å². The second-order valence-electron chi connectivity index (χ2n) is 5.61. The molecule has 23 heavy (non-hydrogen) atoms. The van der Waals surface area contributed by atoms with Gasteiger partial charge in [-0.25, -0.2) is 0 Å². The monoisotopic (exact) mass is 310 g/mol. The van der Waals surface area contributed by atoms with Gasteiger partial charge in [-0.1, -0.05) is 56.7 Å². The third-order valence-electron chi connectivity index (χ3n) is 3.77. The van der Waals surface area contributed by atoms with Gasteiger partial charge in [0.05, 0.1) is 17.6 Å². The lowest BCUT2D eigenvalue weighted by Gasteiger charge is -2.18. The summed E-state index contributed by atoms with van der Waals surface area (Å²) in [5.41, 5.74) is 2.98. The smallest absolute Gasteiger partial charge is 0.161 e. The molecule has 1 aromatic heterocycles. The van der Waals surface area contributed by atoms with Crippen LogP contribution in [0.5, 0.6) is 5.75 Å². The molecule has 2 rings (SSSR count). The molecule has 0 amide bonds. The van der Waals surface area contributed by atoms with Crippen LogP contribution in [-0.4, -0.2) is 11.5 Å². The number of hydrogen-bond acceptors (Lipinski definition) is 3. The summed E-state index contributed by atoms with van der Waals surface area (Å²) in [5.74, 6) is 0.781. The molecule has 0 aliphatic rings. The Balaban J connectivity index is 2.11. The highest BCUT2D eigenvalue weighted by atomic mass is 16.5. The SMILES string of the molecule is C=Cc1cc(NCCCCC)c(OC(C)c2ccccc2)cn1. The molecule has 1 atom stereocenters. The van der Waals surface area contributed by atoms with E-state index in [0.29, 0.717) is 0 Å². The lowest BCUT2D eigenvalue weighted by Crippen LogP contribution is -2.08. The molecule has 1 N–H and O–H groups in total. The number of anilines is 1. The van der Waals surface area contributed by atoms with E-state index in [-0.39, 0.29) is 6.10 Å². The zero-order valence-corrected chi connectivity index (χ0v) is 14.1. The first kappa shape index (κ1) is 17.1. The Kier molecular flexibility index (Phi) is 6.67. The number of ether oxygens (including phenoxy) is 1. The highest BCUT2D eigenvalue weighted by Crippen LogP contribution is 2.29. The molecule has 0 bridgehead atoms. The summed E-state index contributed by atoms with van der Waals surface area (Å²) in [6.07, 6.45) is 7.09. The number of aromatic nitrogens is 1. The van der Waals surface area contributed by atoms with Crippen molar-refractivity contribution in [3.05, 3.63) is 60.4 Å². The van der Waals surface area contributed by atoms with Crippen LogP contribution in [0.3, 0.4) is 0 Å². The van der Waals surface area contributed by atoms with Crippen molar-refractivity contribution in [2.75, 3.05) is 11.9 Å². The minimum atomic E-state index is -0.0243. The molecule has 1 unspecified atom stereocenters. The standard InChI is InChI=1S/C20H26N2O/c1-4-6-10-13-21-19-14-18(5-2)22-15-20(19)23-16(3)17-11-8-7-9-12-17/h5,7-9,11-12,14-16H,2,4,6,10,13H2,1,3H3,(H,21,22). The first-order valence-electron chi connectivity index (χ1n) is 8.32. The molecule has 0 saturated heterocycles. The number of benzene rings is 1. The predicted octanol–water partition coefficient (Wildman–Crippen LogP) is 5.47. The van der Waals surface area contributed by atoms with Crippen molar-refractivity contribution in [2.45, 2.75) is 39.2 Å². The van der Waals surface area contributed by atoms with Gasteiger partial charge in [0.1, 0.15) is 6.10 Å². The van der Waals surface area contributed by atoms with Crippen molar-refractivity contribution < 1.29 is 4.74 Å². The molecule has 1 heterocycles. The second kappa shape index (κ2) is 8.99. The van der Waals surface area contributed by atoms with Crippen molar-refractivity contribution in [1.29, 1.82) is 0 Å². The Morgan fingerprint density at radius 1 is 1.26 bits per heavy atom. The zero-order valence-electron chi connectivity index (χ0n) is 14.1. The van der Waals surface area contributed by atoms with E-state index in [9.17, 15) is 0 Å². The Bertz CT molecular complexity index is 610. The molecule has 0 fully saturated rings. The molecule has 0 saturated carbocycles. The van der Waals surface area contributed by atoms with E-state index < -0.39 is 0 Å². The Morgan fingerprint density at radius 3 is 2.74 bits per heavy atom. The van der Waals surface area contributed by atoms with Crippen LogP contribution in [0, 0.1) is 0 Å². The molecule has 122 valence electrons. The lowest BCUT2D eigenvalue weighted by atomic mass is 10.1. The summed E-state index contributed by atoms with van der Waals surface area (Å²) in [4.78, 5) is 4.37. The average Bonchev–Trinajstić information content (AvgIpc) is 2.60. The zero-order chi connectivity index (χ0) is 16.5. The van der Waals surface area contributed by atoms with E-state index in [0.717, 1.165) is 35.7 Å². The van der Waals surface area contributed by atoms with Crippen molar-refractivity contribution in [2.24, 2.45) is 0 Å². The van der Waals surface area contributed by atoms with Crippen molar-refractivity contribution in [1.82, 2.24) is 4.98 Å². The summed E-state index contributed by atoms with van der Waals surface area (Å²) in [6, 6.07) is 12.2. The minimum Gasteiger partial charge on any atom is -0.482 e. The van der Waals surface area contributed by atoms with E-state index in [1.807, 2.05) is 24.3 Å². The number of nitrogens with one attached hydrogen (secondary N) is 1. The highest BCUT2D eigenvalue weighted by molar-refractivity contribution is 5.60.